The minimum Gasteiger partial charge on any atom is -0.349 e. The maximum absolute atomic E-state index is 12.0. The van der Waals surface area contributed by atoms with Gasteiger partial charge in [0, 0.05) is 21.2 Å². The molecule has 0 spiro atoms. The molecule has 2 unspecified atom stereocenters. The number of nitrogens with one attached hydrogen (secondary N) is 2. The van der Waals surface area contributed by atoms with Gasteiger partial charge in [0.1, 0.15) is 0 Å². The first kappa shape index (κ1) is 12.8. The number of hydrogen-bond acceptors (Lipinski definition) is 2. The zero-order valence-corrected chi connectivity index (χ0v) is 12.0. The minimum absolute atomic E-state index is 0.0421. The van der Waals surface area contributed by atoms with Crippen LogP contribution in [0.15, 0.2) is 24.3 Å². The second kappa shape index (κ2) is 5.82. The Morgan fingerprint density at radius 1 is 1.41 bits per heavy atom. The van der Waals surface area contributed by atoms with Crippen LogP contribution in [-0.2, 0) is 0 Å². The molecule has 1 saturated heterocycles. The van der Waals surface area contributed by atoms with E-state index in [-0.39, 0.29) is 5.91 Å². The summed E-state index contributed by atoms with van der Waals surface area (Å²) >= 11 is 2.24. The van der Waals surface area contributed by atoms with Gasteiger partial charge in [-0.3, -0.25) is 4.79 Å². The Morgan fingerprint density at radius 3 is 2.76 bits per heavy atom. The number of carbonyl (C=O) groups is 1. The fourth-order valence-electron chi connectivity index (χ4n) is 2.13. The van der Waals surface area contributed by atoms with Crippen LogP contribution in [0, 0.1) is 3.57 Å². The highest BCUT2D eigenvalue weighted by Crippen LogP contribution is 2.11. The summed E-state index contributed by atoms with van der Waals surface area (Å²) in [5.74, 6) is 0.0421. The van der Waals surface area contributed by atoms with E-state index in [1.54, 1.807) is 0 Å². The lowest BCUT2D eigenvalue weighted by Gasteiger charge is -2.28. The Morgan fingerprint density at radius 2 is 2.12 bits per heavy atom. The van der Waals surface area contributed by atoms with E-state index < -0.39 is 0 Å². The minimum atomic E-state index is 0.0421. The van der Waals surface area contributed by atoms with Gasteiger partial charge in [0.15, 0.2) is 0 Å². The molecule has 1 aromatic carbocycles. The number of hydrogen-bond donors (Lipinski definition) is 2. The summed E-state index contributed by atoms with van der Waals surface area (Å²) in [6.07, 6.45) is 2.02. The van der Waals surface area contributed by atoms with Crippen molar-refractivity contribution in [3.05, 3.63) is 33.4 Å². The van der Waals surface area contributed by atoms with Crippen molar-refractivity contribution in [1.29, 1.82) is 0 Å². The number of piperidine rings is 1. The Hall–Kier alpha value is -0.620. The molecule has 92 valence electrons. The molecule has 0 aromatic heterocycles. The Bertz CT molecular complexity index is 391. The van der Waals surface area contributed by atoms with Crippen molar-refractivity contribution >= 4 is 28.5 Å². The van der Waals surface area contributed by atoms with Crippen molar-refractivity contribution < 1.29 is 4.79 Å². The molecule has 2 atom stereocenters. The molecule has 1 aliphatic heterocycles. The molecule has 4 heteroatoms. The largest absolute Gasteiger partial charge is 0.349 e. The molecule has 1 aromatic rings. The topological polar surface area (TPSA) is 41.1 Å². The van der Waals surface area contributed by atoms with Gasteiger partial charge in [-0.15, -0.1) is 0 Å². The molecule has 0 radical (unpaired) electrons. The van der Waals surface area contributed by atoms with Gasteiger partial charge in [-0.25, -0.2) is 0 Å². The van der Waals surface area contributed by atoms with Crippen LogP contribution in [0.5, 0.6) is 0 Å². The smallest absolute Gasteiger partial charge is 0.251 e. The van der Waals surface area contributed by atoms with Gasteiger partial charge in [0.05, 0.1) is 0 Å². The highest BCUT2D eigenvalue weighted by molar-refractivity contribution is 14.1. The van der Waals surface area contributed by atoms with Crippen LogP contribution in [0.2, 0.25) is 0 Å². The van der Waals surface area contributed by atoms with Crippen LogP contribution >= 0.6 is 22.6 Å². The highest BCUT2D eigenvalue weighted by atomic mass is 127. The number of carbonyl (C=O) groups excluding carboxylic acids is 1. The van der Waals surface area contributed by atoms with Gasteiger partial charge in [0.2, 0.25) is 0 Å². The summed E-state index contributed by atoms with van der Waals surface area (Å²) in [7, 11) is 0. The van der Waals surface area contributed by atoms with Gasteiger partial charge in [-0.1, -0.05) is 0 Å². The average Bonchev–Trinajstić information content (AvgIpc) is 2.29. The van der Waals surface area contributed by atoms with E-state index in [0.717, 1.165) is 28.5 Å². The Kier molecular flexibility index (Phi) is 4.39. The van der Waals surface area contributed by atoms with E-state index in [1.165, 1.54) is 0 Å². The van der Waals surface area contributed by atoms with E-state index in [1.807, 2.05) is 24.3 Å². The molecular formula is C13H17IN2O. The Balaban J connectivity index is 1.94. The molecule has 1 heterocycles. The van der Waals surface area contributed by atoms with Crippen LogP contribution in [0.25, 0.3) is 0 Å². The van der Waals surface area contributed by atoms with Crippen molar-refractivity contribution in [2.24, 2.45) is 0 Å². The first-order chi connectivity index (χ1) is 8.15. The van der Waals surface area contributed by atoms with E-state index in [0.29, 0.717) is 12.1 Å². The lowest BCUT2D eigenvalue weighted by Crippen LogP contribution is -2.46. The molecule has 1 aliphatic rings. The third-order valence-corrected chi connectivity index (χ3v) is 3.78. The molecule has 0 aliphatic carbocycles. The van der Waals surface area contributed by atoms with Crippen molar-refractivity contribution in [3.8, 4) is 0 Å². The molecule has 0 saturated carbocycles. The van der Waals surface area contributed by atoms with Gasteiger partial charge in [0.25, 0.3) is 5.91 Å². The molecule has 3 nitrogen and oxygen atoms in total. The standard InChI is InChI=1S/C13H17IN2O/c1-9-8-12(6-7-15-9)16-13(17)10-2-4-11(14)5-3-10/h2-5,9,12,15H,6-8H2,1H3,(H,16,17). The average molecular weight is 344 g/mol. The van der Waals surface area contributed by atoms with Gasteiger partial charge in [-0.2, -0.15) is 0 Å². The molecule has 17 heavy (non-hydrogen) atoms. The summed E-state index contributed by atoms with van der Waals surface area (Å²) < 4.78 is 1.15. The van der Waals surface area contributed by atoms with E-state index in [2.05, 4.69) is 40.1 Å². The quantitative estimate of drug-likeness (QED) is 0.808. The second-order valence-corrected chi connectivity index (χ2v) is 5.80. The van der Waals surface area contributed by atoms with Crippen LogP contribution in [-0.4, -0.2) is 24.5 Å². The summed E-state index contributed by atoms with van der Waals surface area (Å²) in [4.78, 5) is 12.0. The maximum atomic E-state index is 12.0. The molecular weight excluding hydrogens is 327 g/mol. The lowest BCUT2D eigenvalue weighted by molar-refractivity contribution is 0.0925. The SMILES string of the molecule is CC1CC(NC(=O)c2ccc(I)cc2)CCN1. The number of halogens is 1. The zero-order chi connectivity index (χ0) is 12.3. The molecule has 2 rings (SSSR count). The molecule has 1 fully saturated rings. The summed E-state index contributed by atoms with van der Waals surface area (Å²) in [6, 6.07) is 8.47. The summed E-state index contributed by atoms with van der Waals surface area (Å²) in [6.45, 7) is 3.14. The predicted molar refractivity (Wildman–Crippen MR) is 77.1 cm³/mol. The van der Waals surface area contributed by atoms with Crippen LogP contribution < -0.4 is 10.6 Å². The molecule has 0 bridgehead atoms. The van der Waals surface area contributed by atoms with Crippen molar-refractivity contribution in [3.63, 3.8) is 0 Å². The second-order valence-electron chi connectivity index (χ2n) is 4.56. The van der Waals surface area contributed by atoms with Crippen molar-refractivity contribution in [2.75, 3.05) is 6.54 Å². The highest BCUT2D eigenvalue weighted by Gasteiger charge is 2.20. The van der Waals surface area contributed by atoms with Crippen LogP contribution in [0.4, 0.5) is 0 Å². The first-order valence-electron chi connectivity index (χ1n) is 5.95. The third kappa shape index (κ3) is 3.67. The predicted octanol–water partition coefficient (Wildman–Crippen LogP) is 2.16. The first-order valence-corrected chi connectivity index (χ1v) is 7.03. The third-order valence-electron chi connectivity index (χ3n) is 3.07. The van der Waals surface area contributed by atoms with E-state index in [4.69, 9.17) is 0 Å². The van der Waals surface area contributed by atoms with Gasteiger partial charge >= 0.3 is 0 Å². The number of amides is 1. The Labute approximate surface area is 116 Å². The fraction of sp³-hybridized carbons (Fsp3) is 0.462. The van der Waals surface area contributed by atoms with Crippen molar-refractivity contribution in [1.82, 2.24) is 10.6 Å². The van der Waals surface area contributed by atoms with E-state index >= 15 is 0 Å². The van der Waals surface area contributed by atoms with Crippen molar-refractivity contribution in [2.45, 2.75) is 31.8 Å². The number of benzene rings is 1. The fourth-order valence-corrected chi connectivity index (χ4v) is 2.49. The van der Waals surface area contributed by atoms with Crippen LogP contribution in [0.1, 0.15) is 30.1 Å². The summed E-state index contributed by atoms with van der Waals surface area (Å²) in [5.41, 5.74) is 0.747. The summed E-state index contributed by atoms with van der Waals surface area (Å²) in [5, 5.41) is 6.48. The van der Waals surface area contributed by atoms with Gasteiger partial charge in [-0.05, 0) is 73.2 Å². The number of rotatable bonds is 2. The van der Waals surface area contributed by atoms with Crippen LogP contribution in [0.3, 0.4) is 0 Å². The van der Waals surface area contributed by atoms with E-state index in [9.17, 15) is 4.79 Å². The van der Waals surface area contributed by atoms with Gasteiger partial charge < -0.3 is 10.6 Å². The molecule has 1 amide bonds. The monoisotopic (exact) mass is 344 g/mol. The maximum Gasteiger partial charge on any atom is 0.251 e. The normalized spacial score (nSPS) is 24.4. The zero-order valence-electron chi connectivity index (χ0n) is 9.87. The lowest BCUT2D eigenvalue weighted by atomic mass is 10.0. The molecule has 2 N–H and O–H groups in total.